The van der Waals surface area contributed by atoms with E-state index in [2.05, 4.69) is 5.32 Å². The van der Waals surface area contributed by atoms with E-state index in [0.29, 0.717) is 18.7 Å². The third kappa shape index (κ3) is 7.80. The first-order valence-corrected chi connectivity index (χ1v) is 13.4. The summed E-state index contributed by atoms with van der Waals surface area (Å²) < 4.78 is 33.0. The van der Waals surface area contributed by atoms with E-state index in [1.165, 1.54) is 18.2 Å². The third-order valence-electron chi connectivity index (χ3n) is 5.22. The molecule has 0 unspecified atom stereocenters. The summed E-state index contributed by atoms with van der Waals surface area (Å²) >= 11 is 12.2. The van der Waals surface area contributed by atoms with Gasteiger partial charge in [0.05, 0.1) is 24.6 Å². The van der Waals surface area contributed by atoms with Gasteiger partial charge in [0.2, 0.25) is 15.9 Å². The average molecular weight is 549 g/mol. The number of ether oxygens (including phenoxy) is 1. The van der Waals surface area contributed by atoms with Gasteiger partial charge in [-0.15, -0.1) is 0 Å². The zero-order chi connectivity index (χ0) is 26.1. The van der Waals surface area contributed by atoms with Crippen LogP contribution in [0.15, 0.2) is 77.7 Å². The van der Waals surface area contributed by atoms with Crippen molar-refractivity contribution in [3.63, 3.8) is 0 Å². The Hall–Kier alpha value is -2.91. The molecule has 190 valence electrons. The van der Waals surface area contributed by atoms with E-state index < -0.39 is 22.5 Å². The maximum absolute atomic E-state index is 13.5. The molecule has 10 heteroatoms. The number of hydrogen-bond donors (Lipinski definition) is 1. The van der Waals surface area contributed by atoms with Crippen LogP contribution in [-0.4, -0.2) is 44.3 Å². The van der Waals surface area contributed by atoms with Gasteiger partial charge >= 0.3 is 5.97 Å². The van der Waals surface area contributed by atoms with Crippen molar-refractivity contribution in [1.29, 1.82) is 0 Å². The predicted octanol–water partition coefficient (Wildman–Crippen LogP) is 4.97. The van der Waals surface area contributed by atoms with E-state index in [1.54, 1.807) is 31.2 Å². The number of amides is 1. The molecule has 0 aliphatic carbocycles. The smallest absolute Gasteiger partial charge is 0.310 e. The number of halogens is 2. The Balaban J connectivity index is 1.76. The molecule has 1 amide bonds. The van der Waals surface area contributed by atoms with Crippen molar-refractivity contribution in [1.82, 2.24) is 4.31 Å². The van der Waals surface area contributed by atoms with Gasteiger partial charge < -0.3 is 10.1 Å². The minimum atomic E-state index is -4.13. The Labute approximate surface area is 221 Å². The van der Waals surface area contributed by atoms with E-state index in [0.717, 1.165) is 15.4 Å². The lowest BCUT2D eigenvalue weighted by molar-refractivity contribution is -0.142. The van der Waals surface area contributed by atoms with Crippen LogP contribution in [0.25, 0.3) is 0 Å². The molecule has 36 heavy (non-hydrogen) atoms. The molecule has 3 aromatic rings. The van der Waals surface area contributed by atoms with Crippen LogP contribution in [0, 0.1) is 0 Å². The Morgan fingerprint density at radius 2 is 1.64 bits per heavy atom. The van der Waals surface area contributed by atoms with Gasteiger partial charge in [-0.1, -0.05) is 65.7 Å². The minimum Gasteiger partial charge on any atom is -0.466 e. The molecule has 0 bridgehead atoms. The number of carbonyl (C=O) groups is 2. The van der Waals surface area contributed by atoms with E-state index >= 15 is 0 Å². The molecule has 0 radical (unpaired) electrons. The summed E-state index contributed by atoms with van der Waals surface area (Å²) in [5, 5.41) is 2.94. The minimum absolute atomic E-state index is 0.0155. The van der Waals surface area contributed by atoms with Crippen LogP contribution in [0.4, 0.5) is 5.69 Å². The third-order valence-corrected chi connectivity index (χ3v) is 7.78. The van der Waals surface area contributed by atoms with Crippen LogP contribution in [0.2, 0.25) is 10.0 Å². The highest BCUT2D eigenvalue weighted by Gasteiger charge is 2.29. The number of sulfonamides is 1. The second-order valence-electron chi connectivity index (χ2n) is 7.88. The summed E-state index contributed by atoms with van der Waals surface area (Å²) in [6, 6.07) is 20.2. The molecule has 0 aromatic heterocycles. The van der Waals surface area contributed by atoms with Crippen LogP contribution >= 0.6 is 23.2 Å². The Morgan fingerprint density at radius 1 is 0.944 bits per heavy atom. The summed E-state index contributed by atoms with van der Waals surface area (Å²) in [5.74, 6) is -0.865. The molecule has 0 fully saturated rings. The van der Waals surface area contributed by atoms with Crippen LogP contribution in [0.1, 0.15) is 18.1 Å². The maximum Gasteiger partial charge on any atom is 0.310 e. The van der Waals surface area contributed by atoms with E-state index in [9.17, 15) is 18.0 Å². The number of nitrogens with one attached hydrogen (secondary N) is 1. The average Bonchev–Trinajstić information content (AvgIpc) is 2.85. The molecule has 3 aromatic carbocycles. The summed E-state index contributed by atoms with van der Waals surface area (Å²) in [4.78, 5) is 24.3. The molecule has 0 aliphatic heterocycles. The molecule has 0 saturated heterocycles. The van der Waals surface area contributed by atoms with Crippen molar-refractivity contribution in [2.45, 2.75) is 24.7 Å². The molecule has 0 aliphatic rings. The summed E-state index contributed by atoms with van der Waals surface area (Å²) in [6.45, 7) is 1.67. The normalized spacial score (nSPS) is 11.3. The predicted molar refractivity (Wildman–Crippen MR) is 141 cm³/mol. The van der Waals surface area contributed by atoms with Gasteiger partial charge in [-0.2, -0.15) is 4.31 Å². The molecule has 0 saturated carbocycles. The standard InChI is InChI=1S/C26H26Cl2N2O5S/c1-2-35-26(32)16-20-8-11-22(12-9-20)29-25(31)18-30(15-14-19-6-4-3-5-7-19)36(33,34)24-17-21(27)10-13-23(24)28/h3-13,17H,2,14-16,18H2,1H3,(H,29,31). The number of benzene rings is 3. The maximum atomic E-state index is 13.5. The lowest BCUT2D eigenvalue weighted by atomic mass is 10.1. The van der Waals surface area contributed by atoms with Crippen molar-refractivity contribution >= 4 is 50.8 Å². The zero-order valence-electron chi connectivity index (χ0n) is 19.6. The molecule has 3 rings (SSSR count). The summed E-state index contributed by atoms with van der Waals surface area (Å²) in [7, 11) is -4.13. The lowest BCUT2D eigenvalue weighted by Crippen LogP contribution is -2.39. The second-order valence-corrected chi connectivity index (χ2v) is 10.6. The molecule has 1 N–H and O–H groups in total. The molecule has 0 spiro atoms. The number of rotatable bonds is 11. The van der Waals surface area contributed by atoms with Gasteiger partial charge in [0, 0.05) is 17.3 Å². The molecular formula is C26H26Cl2N2O5S. The van der Waals surface area contributed by atoms with Crippen LogP contribution in [0.5, 0.6) is 0 Å². The highest BCUT2D eigenvalue weighted by atomic mass is 35.5. The fraction of sp³-hybridized carbons (Fsp3) is 0.231. The van der Waals surface area contributed by atoms with Crippen LogP contribution in [0.3, 0.4) is 0 Å². The van der Waals surface area contributed by atoms with Gasteiger partial charge in [-0.3, -0.25) is 9.59 Å². The SMILES string of the molecule is CCOC(=O)Cc1ccc(NC(=O)CN(CCc2ccccc2)S(=O)(=O)c2cc(Cl)ccc2Cl)cc1. The summed E-state index contributed by atoms with van der Waals surface area (Å²) in [5.41, 5.74) is 2.12. The fourth-order valence-corrected chi connectivity index (χ4v) is 5.58. The quantitative estimate of drug-likeness (QED) is 0.341. The van der Waals surface area contributed by atoms with Gasteiger partial charge in [-0.05, 0) is 54.8 Å². The van der Waals surface area contributed by atoms with Gasteiger partial charge in [0.1, 0.15) is 4.90 Å². The second kappa shape index (κ2) is 12.9. The van der Waals surface area contributed by atoms with Crippen LogP contribution in [-0.2, 0) is 37.2 Å². The first-order chi connectivity index (χ1) is 17.2. The molecule has 0 atom stereocenters. The molecular weight excluding hydrogens is 523 g/mol. The highest BCUT2D eigenvalue weighted by molar-refractivity contribution is 7.89. The Kier molecular flexibility index (Phi) is 9.89. The number of anilines is 1. The van der Waals surface area contributed by atoms with Crippen LogP contribution < -0.4 is 5.32 Å². The van der Waals surface area contributed by atoms with Crippen molar-refractivity contribution in [2.75, 3.05) is 25.0 Å². The van der Waals surface area contributed by atoms with Crippen molar-refractivity contribution in [2.24, 2.45) is 0 Å². The number of hydrogen-bond acceptors (Lipinski definition) is 5. The Morgan fingerprint density at radius 3 is 2.31 bits per heavy atom. The zero-order valence-corrected chi connectivity index (χ0v) is 21.9. The van der Waals surface area contributed by atoms with Crippen molar-refractivity contribution < 1.29 is 22.7 Å². The van der Waals surface area contributed by atoms with Gasteiger partial charge in [0.25, 0.3) is 0 Å². The largest absolute Gasteiger partial charge is 0.466 e. The topological polar surface area (TPSA) is 92.8 Å². The fourth-order valence-electron chi connectivity index (χ4n) is 3.44. The van der Waals surface area contributed by atoms with E-state index in [4.69, 9.17) is 27.9 Å². The first kappa shape index (κ1) is 27.7. The first-order valence-electron chi connectivity index (χ1n) is 11.2. The molecule has 0 heterocycles. The van der Waals surface area contributed by atoms with E-state index in [1.807, 2.05) is 30.3 Å². The van der Waals surface area contributed by atoms with E-state index in [-0.39, 0.29) is 33.9 Å². The van der Waals surface area contributed by atoms with Crippen molar-refractivity contribution in [3.8, 4) is 0 Å². The lowest BCUT2D eigenvalue weighted by Gasteiger charge is -2.22. The number of nitrogens with zero attached hydrogens (tertiary/aromatic N) is 1. The van der Waals surface area contributed by atoms with Gasteiger partial charge in [0.15, 0.2) is 0 Å². The highest BCUT2D eigenvalue weighted by Crippen LogP contribution is 2.28. The summed E-state index contributed by atoms with van der Waals surface area (Å²) in [6.07, 6.45) is 0.516. The Bertz CT molecular complexity index is 1300. The van der Waals surface area contributed by atoms with Crippen molar-refractivity contribution in [3.05, 3.63) is 94.0 Å². The monoisotopic (exact) mass is 548 g/mol. The van der Waals surface area contributed by atoms with Gasteiger partial charge in [-0.25, -0.2) is 8.42 Å². The molecule has 7 nitrogen and oxygen atoms in total. The number of esters is 1. The number of carbonyl (C=O) groups excluding carboxylic acids is 2.